The Balaban J connectivity index is 1.86. The maximum absolute atomic E-state index is 12.3. The molecule has 0 spiro atoms. The summed E-state index contributed by atoms with van der Waals surface area (Å²) in [5, 5.41) is 0. The lowest BCUT2D eigenvalue weighted by Crippen LogP contribution is -2.29. The maximum atomic E-state index is 12.3. The lowest BCUT2D eigenvalue weighted by atomic mass is 10.1. The highest BCUT2D eigenvalue weighted by molar-refractivity contribution is 7.89. The van der Waals surface area contributed by atoms with E-state index in [0.717, 1.165) is 12.0 Å². The van der Waals surface area contributed by atoms with Gasteiger partial charge in [0.2, 0.25) is 10.0 Å². The first-order valence-corrected chi connectivity index (χ1v) is 8.71. The minimum atomic E-state index is -3.20. The molecule has 0 heterocycles. The average Bonchev–Trinajstić information content (AvgIpc) is 2.49. The van der Waals surface area contributed by atoms with E-state index < -0.39 is 10.0 Å². The summed E-state index contributed by atoms with van der Waals surface area (Å²) in [4.78, 5) is 0. The van der Waals surface area contributed by atoms with Gasteiger partial charge in [0.25, 0.3) is 0 Å². The highest BCUT2D eigenvalue weighted by Gasteiger charge is 2.17. The number of benzene rings is 2. The van der Waals surface area contributed by atoms with Crippen LogP contribution in [-0.2, 0) is 23.0 Å². The third-order valence-corrected chi connectivity index (χ3v) is 5.32. The molecule has 2 rings (SSSR count). The van der Waals surface area contributed by atoms with Crippen LogP contribution in [0.25, 0.3) is 0 Å². The zero-order valence-corrected chi connectivity index (χ0v) is 13.1. The van der Waals surface area contributed by atoms with E-state index in [1.807, 2.05) is 60.7 Å². The van der Waals surface area contributed by atoms with Crippen LogP contribution in [0.3, 0.4) is 0 Å². The van der Waals surface area contributed by atoms with Crippen LogP contribution >= 0.6 is 0 Å². The van der Waals surface area contributed by atoms with Crippen molar-refractivity contribution in [3.63, 3.8) is 0 Å². The van der Waals surface area contributed by atoms with Crippen LogP contribution in [0, 0.1) is 0 Å². The fourth-order valence-corrected chi connectivity index (χ4v) is 3.36. The first-order chi connectivity index (χ1) is 10.1. The molecule has 21 heavy (non-hydrogen) atoms. The number of aryl methyl sites for hydroxylation is 1. The van der Waals surface area contributed by atoms with Gasteiger partial charge in [-0.3, -0.25) is 0 Å². The van der Waals surface area contributed by atoms with Crippen LogP contribution in [0.1, 0.15) is 17.5 Å². The monoisotopic (exact) mass is 303 g/mol. The van der Waals surface area contributed by atoms with E-state index in [2.05, 4.69) is 0 Å². The molecule has 2 aromatic carbocycles. The van der Waals surface area contributed by atoms with Crippen molar-refractivity contribution in [1.29, 1.82) is 0 Å². The average molecular weight is 303 g/mol. The van der Waals surface area contributed by atoms with Gasteiger partial charge in [-0.2, -0.15) is 0 Å². The van der Waals surface area contributed by atoms with Gasteiger partial charge in [-0.15, -0.1) is 0 Å². The van der Waals surface area contributed by atoms with Crippen LogP contribution in [0.15, 0.2) is 60.7 Å². The second kappa shape index (κ2) is 7.38. The molecule has 0 unspecified atom stereocenters. The molecule has 0 bridgehead atoms. The fourth-order valence-electron chi connectivity index (χ4n) is 2.20. The Morgan fingerprint density at radius 2 is 1.38 bits per heavy atom. The third kappa shape index (κ3) is 4.99. The zero-order valence-electron chi connectivity index (χ0n) is 12.3. The van der Waals surface area contributed by atoms with Crippen molar-refractivity contribution in [2.24, 2.45) is 0 Å². The SMILES string of the molecule is CN(Cc1ccccc1)S(=O)(=O)CCCc1ccccc1. The Morgan fingerprint density at radius 3 is 1.95 bits per heavy atom. The predicted octanol–water partition coefficient (Wildman–Crippen LogP) is 3.08. The molecule has 0 amide bonds. The summed E-state index contributed by atoms with van der Waals surface area (Å²) in [5.41, 5.74) is 2.19. The second-order valence-electron chi connectivity index (χ2n) is 5.15. The molecule has 0 saturated heterocycles. The van der Waals surface area contributed by atoms with E-state index in [1.165, 1.54) is 9.87 Å². The number of sulfonamides is 1. The van der Waals surface area contributed by atoms with Gasteiger partial charge < -0.3 is 0 Å². The Hall–Kier alpha value is -1.65. The Morgan fingerprint density at radius 1 is 0.857 bits per heavy atom. The van der Waals surface area contributed by atoms with Crippen molar-refractivity contribution in [2.75, 3.05) is 12.8 Å². The molecule has 0 fully saturated rings. The molecule has 0 atom stereocenters. The molecule has 0 saturated carbocycles. The number of rotatable bonds is 7. The molecule has 0 aliphatic rings. The van der Waals surface area contributed by atoms with Gasteiger partial charge in [-0.1, -0.05) is 60.7 Å². The maximum Gasteiger partial charge on any atom is 0.214 e. The topological polar surface area (TPSA) is 37.4 Å². The fraction of sp³-hybridized carbons (Fsp3) is 0.294. The molecular formula is C17H21NO2S. The quantitative estimate of drug-likeness (QED) is 0.788. The van der Waals surface area contributed by atoms with Gasteiger partial charge in [-0.05, 0) is 24.0 Å². The van der Waals surface area contributed by atoms with E-state index >= 15 is 0 Å². The smallest absolute Gasteiger partial charge is 0.212 e. The van der Waals surface area contributed by atoms with Crippen LogP contribution in [0.5, 0.6) is 0 Å². The van der Waals surface area contributed by atoms with Gasteiger partial charge in [0.1, 0.15) is 0 Å². The molecular weight excluding hydrogens is 282 g/mol. The zero-order chi connectivity index (χ0) is 15.1. The number of hydrogen-bond donors (Lipinski definition) is 0. The molecule has 0 radical (unpaired) electrons. The van der Waals surface area contributed by atoms with Crippen LogP contribution in [0.4, 0.5) is 0 Å². The van der Waals surface area contributed by atoms with Gasteiger partial charge in [-0.25, -0.2) is 12.7 Å². The molecule has 0 aliphatic heterocycles. The van der Waals surface area contributed by atoms with E-state index in [4.69, 9.17) is 0 Å². The summed E-state index contributed by atoms with van der Waals surface area (Å²) in [6, 6.07) is 19.6. The first kappa shape index (κ1) is 15.7. The largest absolute Gasteiger partial charge is 0.214 e. The minimum absolute atomic E-state index is 0.186. The molecule has 0 aromatic heterocycles. The van der Waals surface area contributed by atoms with Crippen molar-refractivity contribution < 1.29 is 8.42 Å². The van der Waals surface area contributed by atoms with E-state index in [1.54, 1.807) is 7.05 Å². The van der Waals surface area contributed by atoms with Crippen LogP contribution in [-0.4, -0.2) is 25.5 Å². The minimum Gasteiger partial charge on any atom is -0.212 e. The predicted molar refractivity (Wildman–Crippen MR) is 86.5 cm³/mol. The van der Waals surface area contributed by atoms with E-state index in [0.29, 0.717) is 13.0 Å². The van der Waals surface area contributed by atoms with Crippen molar-refractivity contribution in [3.05, 3.63) is 71.8 Å². The molecule has 0 aliphatic carbocycles. The Labute approximate surface area is 127 Å². The Kier molecular flexibility index (Phi) is 5.53. The van der Waals surface area contributed by atoms with Gasteiger partial charge in [0.05, 0.1) is 5.75 Å². The molecule has 0 N–H and O–H groups in total. The van der Waals surface area contributed by atoms with Crippen molar-refractivity contribution in [2.45, 2.75) is 19.4 Å². The summed E-state index contributed by atoms with van der Waals surface area (Å²) < 4.78 is 25.9. The lowest BCUT2D eigenvalue weighted by molar-refractivity contribution is 0.465. The first-order valence-electron chi connectivity index (χ1n) is 7.10. The van der Waals surface area contributed by atoms with Crippen LogP contribution in [0.2, 0.25) is 0 Å². The van der Waals surface area contributed by atoms with E-state index in [-0.39, 0.29) is 5.75 Å². The summed E-state index contributed by atoms with van der Waals surface area (Å²) in [5.74, 6) is 0.186. The second-order valence-corrected chi connectivity index (χ2v) is 7.34. The van der Waals surface area contributed by atoms with Crippen molar-refractivity contribution in [3.8, 4) is 0 Å². The number of nitrogens with zero attached hydrogens (tertiary/aromatic N) is 1. The molecule has 4 heteroatoms. The lowest BCUT2D eigenvalue weighted by Gasteiger charge is -2.17. The highest BCUT2D eigenvalue weighted by Crippen LogP contribution is 2.10. The molecule has 2 aromatic rings. The summed E-state index contributed by atoms with van der Waals surface area (Å²) >= 11 is 0. The standard InChI is InChI=1S/C17H21NO2S/c1-18(15-17-11-6-3-7-12-17)21(19,20)14-8-13-16-9-4-2-5-10-16/h2-7,9-12H,8,13-15H2,1H3. The Bertz CT molecular complexity index is 639. The molecule has 3 nitrogen and oxygen atoms in total. The summed E-state index contributed by atoms with van der Waals surface area (Å²) in [6.07, 6.45) is 1.44. The third-order valence-electron chi connectivity index (χ3n) is 3.43. The molecule has 112 valence electrons. The normalized spacial score (nSPS) is 11.7. The van der Waals surface area contributed by atoms with Gasteiger partial charge >= 0.3 is 0 Å². The van der Waals surface area contributed by atoms with Gasteiger partial charge in [0, 0.05) is 13.6 Å². The van der Waals surface area contributed by atoms with Gasteiger partial charge in [0.15, 0.2) is 0 Å². The van der Waals surface area contributed by atoms with E-state index in [9.17, 15) is 8.42 Å². The number of hydrogen-bond acceptors (Lipinski definition) is 2. The van der Waals surface area contributed by atoms with Crippen molar-refractivity contribution >= 4 is 10.0 Å². The summed E-state index contributed by atoms with van der Waals surface area (Å²) in [7, 11) is -1.55. The van der Waals surface area contributed by atoms with Crippen molar-refractivity contribution in [1.82, 2.24) is 4.31 Å². The highest BCUT2D eigenvalue weighted by atomic mass is 32.2. The van der Waals surface area contributed by atoms with Crippen LogP contribution < -0.4 is 0 Å². The summed E-state index contributed by atoms with van der Waals surface area (Å²) in [6.45, 7) is 0.425.